The molecule has 0 bridgehead atoms. The summed E-state index contributed by atoms with van der Waals surface area (Å²) in [4.78, 5) is 8.22. The van der Waals surface area contributed by atoms with E-state index in [0.29, 0.717) is 24.2 Å². The van der Waals surface area contributed by atoms with Gasteiger partial charge in [0.2, 0.25) is 0 Å². The number of hydrogen-bond donors (Lipinski definition) is 3. The van der Waals surface area contributed by atoms with Crippen molar-refractivity contribution in [2.45, 2.75) is 38.3 Å². The average molecular weight is 234 g/mol. The minimum absolute atomic E-state index is 0.157. The molecule has 1 aliphatic carbocycles. The number of nitrogens with zero attached hydrogens (tertiary/aromatic N) is 2. The summed E-state index contributed by atoms with van der Waals surface area (Å²) < 4.78 is 0. The largest absolute Gasteiger partial charge is 0.506 e. The average Bonchev–Trinajstić information content (AvgIpc) is 2.81. The maximum absolute atomic E-state index is 9.51. The van der Waals surface area contributed by atoms with Crippen molar-refractivity contribution in [2.75, 3.05) is 0 Å². The first-order valence-corrected chi connectivity index (χ1v) is 5.95. The predicted octanol–water partition coefficient (Wildman–Crippen LogP) is 1.13. The Hall–Kier alpha value is -1.78. The molecule has 0 unspecified atom stereocenters. The molecule has 92 valence electrons. The highest BCUT2D eigenvalue weighted by atomic mass is 16.3. The number of aromatic hydroxyl groups is 1. The van der Waals surface area contributed by atoms with E-state index in [1.54, 1.807) is 18.3 Å². The fourth-order valence-electron chi connectivity index (χ4n) is 2.04. The van der Waals surface area contributed by atoms with Crippen molar-refractivity contribution in [1.82, 2.24) is 10.3 Å². The fourth-order valence-corrected chi connectivity index (χ4v) is 2.04. The lowest BCUT2D eigenvalue weighted by Gasteiger charge is -2.12. The van der Waals surface area contributed by atoms with Crippen LogP contribution in [-0.2, 0) is 6.54 Å². The molecule has 1 saturated carbocycles. The van der Waals surface area contributed by atoms with Gasteiger partial charge < -0.3 is 16.2 Å². The lowest BCUT2D eigenvalue weighted by atomic mass is 10.2. The van der Waals surface area contributed by atoms with Crippen LogP contribution in [0.3, 0.4) is 0 Å². The van der Waals surface area contributed by atoms with E-state index in [1.165, 1.54) is 12.8 Å². The van der Waals surface area contributed by atoms with Crippen LogP contribution in [0.4, 0.5) is 0 Å². The monoisotopic (exact) mass is 234 g/mol. The summed E-state index contributed by atoms with van der Waals surface area (Å²) in [6.45, 7) is 0.304. The Labute approximate surface area is 101 Å². The van der Waals surface area contributed by atoms with Gasteiger partial charge in [-0.2, -0.15) is 0 Å². The van der Waals surface area contributed by atoms with Crippen molar-refractivity contribution in [2.24, 2.45) is 10.7 Å². The molecule has 0 radical (unpaired) electrons. The summed E-state index contributed by atoms with van der Waals surface area (Å²) in [7, 11) is 0. The minimum Gasteiger partial charge on any atom is -0.506 e. The second kappa shape index (κ2) is 5.52. The molecule has 0 aliphatic heterocycles. The summed E-state index contributed by atoms with van der Waals surface area (Å²) in [5, 5.41) is 12.7. The molecule has 0 saturated heterocycles. The molecule has 1 fully saturated rings. The van der Waals surface area contributed by atoms with E-state index in [1.807, 2.05) is 0 Å². The quantitative estimate of drug-likeness (QED) is 0.541. The predicted molar refractivity (Wildman–Crippen MR) is 66.6 cm³/mol. The van der Waals surface area contributed by atoms with Gasteiger partial charge in [-0.15, -0.1) is 0 Å². The van der Waals surface area contributed by atoms with Crippen LogP contribution in [0.1, 0.15) is 31.4 Å². The van der Waals surface area contributed by atoms with Crippen molar-refractivity contribution >= 4 is 5.96 Å². The third-order valence-corrected chi connectivity index (χ3v) is 2.97. The Bertz CT molecular complexity index is 399. The molecular formula is C12H18N4O. The molecule has 1 aromatic rings. The summed E-state index contributed by atoms with van der Waals surface area (Å²) in [6.07, 6.45) is 6.46. The Balaban J connectivity index is 1.89. The van der Waals surface area contributed by atoms with E-state index in [2.05, 4.69) is 15.3 Å². The Morgan fingerprint density at radius 1 is 1.53 bits per heavy atom. The van der Waals surface area contributed by atoms with Crippen molar-refractivity contribution < 1.29 is 5.11 Å². The molecule has 0 amide bonds. The lowest BCUT2D eigenvalue weighted by Crippen LogP contribution is -2.38. The van der Waals surface area contributed by atoms with E-state index >= 15 is 0 Å². The Morgan fingerprint density at radius 2 is 2.29 bits per heavy atom. The van der Waals surface area contributed by atoms with E-state index < -0.39 is 0 Å². The number of aromatic nitrogens is 1. The molecule has 1 aromatic heterocycles. The van der Waals surface area contributed by atoms with Gasteiger partial charge in [0.15, 0.2) is 5.96 Å². The van der Waals surface area contributed by atoms with Gasteiger partial charge in [-0.05, 0) is 25.0 Å². The first kappa shape index (κ1) is 11.7. The van der Waals surface area contributed by atoms with Gasteiger partial charge in [0.05, 0.1) is 6.54 Å². The molecule has 1 heterocycles. The summed E-state index contributed by atoms with van der Waals surface area (Å²) >= 11 is 0. The van der Waals surface area contributed by atoms with Gasteiger partial charge in [0.1, 0.15) is 11.4 Å². The third kappa shape index (κ3) is 3.34. The topological polar surface area (TPSA) is 83.5 Å². The molecule has 4 N–H and O–H groups in total. The van der Waals surface area contributed by atoms with Gasteiger partial charge in [0, 0.05) is 12.2 Å². The van der Waals surface area contributed by atoms with Crippen LogP contribution < -0.4 is 11.1 Å². The standard InChI is InChI=1S/C12H18N4O/c13-12(16-9-4-1-2-5-9)15-8-10-11(17)6-3-7-14-10/h3,6-7,9,17H,1-2,4-5,8H2,(H3,13,15,16). The molecule has 0 spiro atoms. The Morgan fingerprint density at radius 3 is 3.00 bits per heavy atom. The number of hydrogen-bond acceptors (Lipinski definition) is 3. The highest BCUT2D eigenvalue weighted by Gasteiger charge is 2.14. The van der Waals surface area contributed by atoms with Crippen LogP contribution in [0.2, 0.25) is 0 Å². The summed E-state index contributed by atoms with van der Waals surface area (Å²) in [5.41, 5.74) is 6.33. The first-order chi connectivity index (χ1) is 8.25. The number of nitrogens with two attached hydrogens (primary N) is 1. The van der Waals surface area contributed by atoms with Crippen LogP contribution in [0.5, 0.6) is 5.75 Å². The highest BCUT2D eigenvalue weighted by molar-refractivity contribution is 5.78. The number of nitrogens with one attached hydrogen (secondary N) is 1. The second-order valence-electron chi connectivity index (χ2n) is 4.30. The molecule has 17 heavy (non-hydrogen) atoms. The molecule has 0 aromatic carbocycles. The minimum atomic E-state index is 0.157. The SMILES string of the molecule is NC(=NCc1ncccc1O)NC1CCCC1. The molecule has 0 atom stereocenters. The normalized spacial score (nSPS) is 17.3. The van der Waals surface area contributed by atoms with Crippen LogP contribution in [-0.4, -0.2) is 22.1 Å². The van der Waals surface area contributed by atoms with E-state index in [-0.39, 0.29) is 5.75 Å². The maximum Gasteiger partial charge on any atom is 0.189 e. The molecule has 5 heteroatoms. The molecule has 2 rings (SSSR count). The van der Waals surface area contributed by atoms with Crippen molar-refractivity contribution in [3.63, 3.8) is 0 Å². The van der Waals surface area contributed by atoms with Gasteiger partial charge in [0.25, 0.3) is 0 Å². The smallest absolute Gasteiger partial charge is 0.189 e. The summed E-state index contributed by atoms with van der Waals surface area (Å²) in [5.74, 6) is 0.590. The van der Waals surface area contributed by atoms with Crippen LogP contribution >= 0.6 is 0 Å². The Kier molecular flexibility index (Phi) is 3.80. The lowest BCUT2D eigenvalue weighted by molar-refractivity contribution is 0.464. The van der Waals surface area contributed by atoms with Crippen LogP contribution in [0.25, 0.3) is 0 Å². The number of guanidine groups is 1. The van der Waals surface area contributed by atoms with Crippen LogP contribution in [0, 0.1) is 0 Å². The number of pyridine rings is 1. The van der Waals surface area contributed by atoms with Crippen molar-refractivity contribution in [3.05, 3.63) is 24.0 Å². The molecular weight excluding hydrogens is 216 g/mol. The van der Waals surface area contributed by atoms with E-state index in [0.717, 1.165) is 12.8 Å². The highest BCUT2D eigenvalue weighted by Crippen LogP contribution is 2.17. The first-order valence-electron chi connectivity index (χ1n) is 5.95. The van der Waals surface area contributed by atoms with Gasteiger partial charge in [-0.25, -0.2) is 4.99 Å². The van der Waals surface area contributed by atoms with Gasteiger partial charge >= 0.3 is 0 Å². The molecule has 5 nitrogen and oxygen atoms in total. The zero-order valence-electron chi connectivity index (χ0n) is 9.76. The maximum atomic E-state index is 9.51. The van der Waals surface area contributed by atoms with E-state index in [4.69, 9.17) is 5.73 Å². The molecule has 1 aliphatic rings. The summed E-state index contributed by atoms with van der Waals surface area (Å²) in [6, 6.07) is 3.73. The zero-order chi connectivity index (χ0) is 12.1. The third-order valence-electron chi connectivity index (χ3n) is 2.97. The van der Waals surface area contributed by atoms with Crippen LogP contribution in [0.15, 0.2) is 23.3 Å². The van der Waals surface area contributed by atoms with Crippen molar-refractivity contribution in [3.8, 4) is 5.75 Å². The second-order valence-corrected chi connectivity index (χ2v) is 4.30. The van der Waals surface area contributed by atoms with Gasteiger partial charge in [-0.3, -0.25) is 4.98 Å². The number of aliphatic imine (C=N–C) groups is 1. The van der Waals surface area contributed by atoms with Crippen molar-refractivity contribution in [1.29, 1.82) is 0 Å². The zero-order valence-corrected chi connectivity index (χ0v) is 9.76. The van der Waals surface area contributed by atoms with Gasteiger partial charge in [-0.1, -0.05) is 12.8 Å². The van der Waals surface area contributed by atoms with E-state index in [9.17, 15) is 5.11 Å². The fraction of sp³-hybridized carbons (Fsp3) is 0.500. The number of rotatable bonds is 3.